The first-order chi connectivity index (χ1) is 14.6. The molecule has 0 spiro atoms. The third-order valence-electron chi connectivity index (χ3n) is 5.19. The molecule has 1 aliphatic rings. The lowest BCUT2D eigenvalue weighted by molar-refractivity contribution is -0.137. The molecule has 0 saturated carbocycles. The fourth-order valence-corrected chi connectivity index (χ4v) is 3.58. The van der Waals surface area contributed by atoms with E-state index in [9.17, 15) is 27.6 Å². The summed E-state index contributed by atoms with van der Waals surface area (Å²) in [5.41, 5.74) is -1.20. The van der Waals surface area contributed by atoms with Crippen molar-refractivity contribution < 1.29 is 22.8 Å². The topological polar surface area (TPSA) is 71.4 Å². The molecule has 1 aromatic heterocycles. The largest absolute Gasteiger partial charge is 0.416 e. The molecule has 1 aromatic carbocycles. The summed E-state index contributed by atoms with van der Waals surface area (Å²) in [5.74, 6) is -0.519. The van der Waals surface area contributed by atoms with E-state index in [0.717, 1.165) is 22.8 Å². The molecular formula is C22H24F3N3O3. The Morgan fingerprint density at radius 3 is 2.39 bits per heavy atom. The average Bonchev–Trinajstić information content (AvgIpc) is 2.72. The van der Waals surface area contributed by atoms with Crippen LogP contribution in [0.1, 0.15) is 42.6 Å². The predicted molar refractivity (Wildman–Crippen MR) is 109 cm³/mol. The molecule has 2 heterocycles. The molecule has 9 heteroatoms. The number of alkyl halides is 3. The number of nitrogens with one attached hydrogen (secondary N) is 1. The van der Waals surface area contributed by atoms with Crippen LogP contribution in [0.4, 0.5) is 13.2 Å². The highest BCUT2D eigenvalue weighted by molar-refractivity contribution is 5.94. The van der Waals surface area contributed by atoms with E-state index in [1.165, 1.54) is 24.4 Å². The summed E-state index contributed by atoms with van der Waals surface area (Å²) in [6.45, 7) is 4.54. The molecule has 0 radical (unpaired) electrons. The number of carbonyl (C=O) groups excluding carboxylic acids is 2. The lowest BCUT2D eigenvalue weighted by atomic mass is 9.95. The van der Waals surface area contributed by atoms with E-state index in [2.05, 4.69) is 5.32 Å². The normalized spacial score (nSPS) is 15.2. The predicted octanol–water partition coefficient (Wildman–Crippen LogP) is 3.23. The lowest BCUT2D eigenvalue weighted by Gasteiger charge is -2.31. The molecule has 0 bridgehead atoms. The number of nitrogens with zero attached hydrogens (tertiary/aromatic N) is 2. The van der Waals surface area contributed by atoms with E-state index in [4.69, 9.17) is 0 Å². The number of halogens is 3. The molecule has 6 nitrogen and oxygen atoms in total. The number of amides is 2. The van der Waals surface area contributed by atoms with E-state index in [-0.39, 0.29) is 35.0 Å². The SMILES string of the molecule is CC(C)NC(=O)C1CCN(C(=O)c2ccc(=O)n(-c3cccc(C(F)(F)F)c3)c2)CC1. The Kier molecular flexibility index (Phi) is 6.52. The summed E-state index contributed by atoms with van der Waals surface area (Å²) in [7, 11) is 0. The summed E-state index contributed by atoms with van der Waals surface area (Å²) >= 11 is 0. The Morgan fingerprint density at radius 2 is 1.77 bits per heavy atom. The lowest BCUT2D eigenvalue weighted by Crippen LogP contribution is -2.44. The van der Waals surface area contributed by atoms with Gasteiger partial charge in [-0.3, -0.25) is 19.0 Å². The van der Waals surface area contributed by atoms with Crippen LogP contribution in [-0.4, -0.2) is 40.4 Å². The fraction of sp³-hybridized carbons (Fsp3) is 0.409. The highest BCUT2D eigenvalue weighted by atomic mass is 19.4. The Morgan fingerprint density at radius 1 is 1.10 bits per heavy atom. The number of likely N-dealkylation sites (tertiary alicyclic amines) is 1. The van der Waals surface area contributed by atoms with Crippen molar-refractivity contribution in [3.05, 3.63) is 64.1 Å². The number of aromatic nitrogens is 1. The van der Waals surface area contributed by atoms with Crippen molar-refractivity contribution in [1.82, 2.24) is 14.8 Å². The summed E-state index contributed by atoms with van der Waals surface area (Å²) in [5, 5.41) is 2.87. The molecule has 2 amide bonds. The third-order valence-corrected chi connectivity index (χ3v) is 5.19. The van der Waals surface area contributed by atoms with E-state index >= 15 is 0 Å². The van der Waals surface area contributed by atoms with Crippen molar-refractivity contribution in [2.75, 3.05) is 13.1 Å². The smallest absolute Gasteiger partial charge is 0.354 e. The van der Waals surface area contributed by atoms with Gasteiger partial charge in [0, 0.05) is 43.0 Å². The molecule has 0 aliphatic carbocycles. The first-order valence-corrected chi connectivity index (χ1v) is 10.1. The van der Waals surface area contributed by atoms with Gasteiger partial charge in [-0.15, -0.1) is 0 Å². The molecule has 3 rings (SSSR count). The van der Waals surface area contributed by atoms with Gasteiger partial charge < -0.3 is 10.2 Å². The van der Waals surface area contributed by atoms with Gasteiger partial charge in [0.1, 0.15) is 0 Å². The molecular weight excluding hydrogens is 411 g/mol. The zero-order chi connectivity index (χ0) is 22.8. The minimum Gasteiger partial charge on any atom is -0.354 e. The maximum absolute atomic E-state index is 13.0. The van der Waals surface area contributed by atoms with Crippen molar-refractivity contribution in [1.29, 1.82) is 0 Å². The number of hydrogen-bond acceptors (Lipinski definition) is 3. The number of carbonyl (C=O) groups is 2. The van der Waals surface area contributed by atoms with Gasteiger partial charge in [-0.05, 0) is 51.0 Å². The Labute approximate surface area is 177 Å². The monoisotopic (exact) mass is 435 g/mol. The van der Waals surface area contributed by atoms with Crippen LogP contribution in [-0.2, 0) is 11.0 Å². The van der Waals surface area contributed by atoms with E-state index in [1.807, 2.05) is 13.8 Å². The van der Waals surface area contributed by atoms with Gasteiger partial charge in [-0.1, -0.05) is 6.07 Å². The molecule has 166 valence electrons. The maximum Gasteiger partial charge on any atom is 0.416 e. The quantitative estimate of drug-likeness (QED) is 0.802. The van der Waals surface area contributed by atoms with Gasteiger partial charge in [-0.25, -0.2) is 0 Å². The van der Waals surface area contributed by atoms with E-state index in [1.54, 1.807) is 4.90 Å². The fourth-order valence-electron chi connectivity index (χ4n) is 3.58. The number of piperidine rings is 1. The zero-order valence-electron chi connectivity index (χ0n) is 17.3. The van der Waals surface area contributed by atoms with Crippen molar-refractivity contribution >= 4 is 11.8 Å². The van der Waals surface area contributed by atoms with Gasteiger partial charge >= 0.3 is 6.18 Å². The molecule has 1 aliphatic heterocycles. The second-order valence-corrected chi connectivity index (χ2v) is 7.90. The summed E-state index contributed by atoms with van der Waals surface area (Å²) in [6.07, 6.45) is -2.23. The van der Waals surface area contributed by atoms with Crippen LogP contribution < -0.4 is 10.9 Å². The minimum atomic E-state index is -4.54. The number of hydrogen-bond donors (Lipinski definition) is 1. The van der Waals surface area contributed by atoms with Gasteiger partial charge in [0.15, 0.2) is 0 Å². The molecule has 1 fully saturated rings. The Balaban J connectivity index is 1.77. The molecule has 2 aromatic rings. The number of rotatable bonds is 4. The highest BCUT2D eigenvalue weighted by Gasteiger charge is 2.31. The van der Waals surface area contributed by atoms with Crippen LogP contribution in [0, 0.1) is 5.92 Å². The Bertz CT molecular complexity index is 1020. The van der Waals surface area contributed by atoms with Crippen molar-refractivity contribution in [3.63, 3.8) is 0 Å². The molecule has 0 atom stereocenters. The van der Waals surface area contributed by atoms with Gasteiger partial charge in [0.2, 0.25) is 5.91 Å². The molecule has 1 saturated heterocycles. The van der Waals surface area contributed by atoms with Crippen LogP contribution in [0.3, 0.4) is 0 Å². The van der Waals surface area contributed by atoms with Crippen LogP contribution in [0.2, 0.25) is 0 Å². The maximum atomic E-state index is 13.0. The van der Waals surface area contributed by atoms with Gasteiger partial charge in [-0.2, -0.15) is 13.2 Å². The average molecular weight is 435 g/mol. The van der Waals surface area contributed by atoms with Crippen LogP contribution >= 0.6 is 0 Å². The molecule has 31 heavy (non-hydrogen) atoms. The summed E-state index contributed by atoms with van der Waals surface area (Å²) < 4.78 is 40.1. The third kappa shape index (κ3) is 5.34. The van der Waals surface area contributed by atoms with E-state index in [0.29, 0.717) is 25.9 Å². The first-order valence-electron chi connectivity index (χ1n) is 10.1. The standard InChI is InChI=1S/C22H24F3N3O3/c1-14(2)26-20(30)15-8-10-27(11-9-15)21(31)16-6-7-19(29)28(13-16)18-5-3-4-17(12-18)22(23,24)25/h3-7,12-15H,8-11H2,1-2H3,(H,26,30). The van der Waals surface area contributed by atoms with Crippen molar-refractivity contribution in [2.45, 2.75) is 38.9 Å². The molecule has 1 N–H and O–H groups in total. The summed E-state index contributed by atoms with van der Waals surface area (Å²) in [4.78, 5) is 38.9. The van der Waals surface area contributed by atoms with Crippen LogP contribution in [0.25, 0.3) is 5.69 Å². The van der Waals surface area contributed by atoms with Crippen molar-refractivity contribution in [3.8, 4) is 5.69 Å². The van der Waals surface area contributed by atoms with Gasteiger partial charge in [0.25, 0.3) is 11.5 Å². The molecule has 0 unspecified atom stereocenters. The van der Waals surface area contributed by atoms with Crippen LogP contribution in [0.5, 0.6) is 0 Å². The number of pyridine rings is 1. The highest BCUT2D eigenvalue weighted by Crippen LogP contribution is 2.30. The summed E-state index contributed by atoms with van der Waals surface area (Å²) in [6, 6.07) is 6.96. The van der Waals surface area contributed by atoms with Crippen molar-refractivity contribution in [2.24, 2.45) is 5.92 Å². The first kappa shape index (κ1) is 22.6. The minimum absolute atomic E-state index is 0.0264. The van der Waals surface area contributed by atoms with E-state index < -0.39 is 17.3 Å². The second-order valence-electron chi connectivity index (χ2n) is 7.90. The number of benzene rings is 1. The van der Waals surface area contributed by atoms with Crippen LogP contribution in [0.15, 0.2) is 47.4 Å². The Hall–Kier alpha value is -3.10. The second kappa shape index (κ2) is 8.95. The van der Waals surface area contributed by atoms with Gasteiger partial charge in [0.05, 0.1) is 11.1 Å². The zero-order valence-corrected chi connectivity index (χ0v) is 17.3.